The van der Waals surface area contributed by atoms with Crippen molar-refractivity contribution in [2.45, 2.75) is 25.3 Å². The molecule has 1 unspecified atom stereocenters. The quantitative estimate of drug-likeness (QED) is 0.643. The molecule has 0 aliphatic heterocycles. The highest BCUT2D eigenvalue weighted by atomic mass is 35.5. The van der Waals surface area contributed by atoms with Gasteiger partial charge in [-0.25, -0.2) is 0 Å². The molecule has 138 valence electrons. The lowest BCUT2D eigenvalue weighted by atomic mass is 9.93. The molecule has 0 saturated carbocycles. The number of anilines is 1. The molecule has 5 nitrogen and oxygen atoms in total. The minimum atomic E-state index is -0.250. The number of nitrogens with one attached hydrogen (secondary N) is 2. The summed E-state index contributed by atoms with van der Waals surface area (Å²) < 4.78 is 5.47. The fourth-order valence-corrected chi connectivity index (χ4v) is 4.02. The number of furan rings is 1. The summed E-state index contributed by atoms with van der Waals surface area (Å²) in [6, 6.07) is 10.2. The Balaban J connectivity index is 1.51. The maximum absolute atomic E-state index is 12.7. The van der Waals surface area contributed by atoms with Gasteiger partial charge in [0.15, 0.2) is 0 Å². The summed E-state index contributed by atoms with van der Waals surface area (Å²) in [4.78, 5) is 25.6. The third-order valence-electron chi connectivity index (χ3n) is 4.58. The Bertz CT molecular complexity index is 981. The minimum absolute atomic E-state index is 0.0696. The van der Waals surface area contributed by atoms with E-state index >= 15 is 0 Å². The number of carbonyl (C=O) groups excluding carboxylic acids is 2. The van der Waals surface area contributed by atoms with E-state index in [1.165, 1.54) is 11.3 Å². The van der Waals surface area contributed by atoms with Crippen LogP contribution in [0.4, 0.5) is 5.69 Å². The van der Waals surface area contributed by atoms with E-state index < -0.39 is 0 Å². The summed E-state index contributed by atoms with van der Waals surface area (Å²) in [5, 5.41) is 8.03. The van der Waals surface area contributed by atoms with Gasteiger partial charge in [-0.05, 0) is 48.6 Å². The van der Waals surface area contributed by atoms with Gasteiger partial charge in [0.1, 0.15) is 5.76 Å². The van der Waals surface area contributed by atoms with Gasteiger partial charge < -0.3 is 15.1 Å². The third-order valence-corrected chi connectivity index (χ3v) is 5.78. The lowest BCUT2D eigenvalue weighted by Crippen LogP contribution is -2.30. The van der Waals surface area contributed by atoms with Gasteiger partial charge in [0.2, 0.25) is 0 Å². The van der Waals surface area contributed by atoms with Crippen LogP contribution in [0.5, 0.6) is 0 Å². The van der Waals surface area contributed by atoms with E-state index in [1.54, 1.807) is 36.6 Å². The number of thiophene rings is 1. The van der Waals surface area contributed by atoms with E-state index in [-0.39, 0.29) is 17.9 Å². The Kier molecular flexibility index (Phi) is 5.01. The molecule has 4 rings (SSSR count). The summed E-state index contributed by atoms with van der Waals surface area (Å²) >= 11 is 7.54. The van der Waals surface area contributed by atoms with Crippen molar-refractivity contribution in [2.75, 3.05) is 5.32 Å². The predicted molar refractivity (Wildman–Crippen MR) is 106 cm³/mol. The standard InChI is InChI=1S/C20H17ClN2O3S/c21-14-7-6-12(11-16(14)23-20(25)18-5-2-10-27-18)19(24)22-15-3-1-4-17-13(15)8-9-26-17/h2,5-11,15H,1,3-4H2,(H,22,24)(H,23,25). The van der Waals surface area contributed by atoms with Gasteiger partial charge in [-0.15, -0.1) is 11.3 Å². The third kappa shape index (κ3) is 3.77. The molecule has 0 fully saturated rings. The zero-order valence-corrected chi connectivity index (χ0v) is 15.9. The van der Waals surface area contributed by atoms with Crippen molar-refractivity contribution in [1.29, 1.82) is 0 Å². The van der Waals surface area contributed by atoms with Crippen LogP contribution in [-0.4, -0.2) is 11.8 Å². The summed E-state index contributed by atoms with van der Waals surface area (Å²) in [5.41, 5.74) is 1.89. The number of rotatable bonds is 4. The lowest BCUT2D eigenvalue weighted by Gasteiger charge is -2.23. The molecule has 7 heteroatoms. The van der Waals surface area contributed by atoms with Gasteiger partial charge in [0, 0.05) is 17.5 Å². The van der Waals surface area contributed by atoms with Crippen molar-refractivity contribution in [3.63, 3.8) is 0 Å². The molecule has 1 atom stereocenters. The molecular formula is C20H17ClN2O3S. The molecule has 2 amide bonds. The molecule has 1 aromatic carbocycles. The van der Waals surface area contributed by atoms with Crippen LogP contribution < -0.4 is 10.6 Å². The number of aryl methyl sites for hydroxylation is 1. The Morgan fingerprint density at radius 3 is 2.89 bits per heavy atom. The van der Waals surface area contributed by atoms with Crippen LogP contribution >= 0.6 is 22.9 Å². The summed E-state index contributed by atoms with van der Waals surface area (Å²) in [6.07, 6.45) is 4.40. The first kappa shape index (κ1) is 17.8. The lowest BCUT2D eigenvalue weighted by molar-refractivity contribution is 0.0931. The number of halogens is 1. The van der Waals surface area contributed by atoms with Crippen LogP contribution in [0.25, 0.3) is 0 Å². The second kappa shape index (κ2) is 7.58. The molecule has 0 saturated heterocycles. The van der Waals surface area contributed by atoms with E-state index in [1.807, 2.05) is 11.4 Å². The number of fused-ring (bicyclic) bond motifs is 1. The molecule has 27 heavy (non-hydrogen) atoms. The molecule has 0 radical (unpaired) electrons. The summed E-state index contributed by atoms with van der Waals surface area (Å²) in [5.74, 6) is 0.476. The van der Waals surface area contributed by atoms with Gasteiger partial charge in [-0.2, -0.15) is 0 Å². The first-order valence-corrected chi connectivity index (χ1v) is 9.89. The highest BCUT2D eigenvalue weighted by Crippen LogP contribution is 2.31. The number of carbonyl (C=O) groups is 2. The van der Waals surface area contributed by atoms with Gasteiger partial charge in [-0.3, -0.25) is 9.59 Å². The van der Waals surface area contributed by atoms with Crippen molar-refractivity contribution in [1.82, 2.24) is 5.32 Å². The van der Waals surface area contributed by atoms with Gasteiger partial charge in [0.05, 0.1) is 27.9 Å². The van der Waals surface area contributed by atoms with Crippen LogP contribution in [0.1, 0.15) is 50.2 Å². The van der Waals surface area contributed by atoms with Gasteiger partial charge >= 0.3 is 0 Å². The normalized spacial score (nSPS) is 15.8. The Morgan fingerprint density at radius 1 is 1.19 bits per heavy atom. The average molecular weight is 401 g/mol. The SMILES string of the molecule is O=C(NC1CCCc2occc21)c1ccc(Cl)c(NC(=O)c2cccs2)c1. The molecule has 1 aliphatic rings. The predicted octanol–water partition coefficient (Wildman–Crippen LogP) is 5.05. The largest absolute Gasteiger partial charge is 0.469 e. The van der Waals surface area contributed by atoms with E-state index in [9.17, 15) is 9.59 Å². The maximum atomic E-state index is 12.7. The van der Waals surface area contributed by atoms with Crippen molar-refractivity contribution in [3.8, 4) is 0 Å². The van der Waals surface area contributed by atoms with E-state index in [0.717, 1.165) is 30.6 Å². The zero-order chi connectivity index (χ0) is 18.8. The van der Waals surface area contributed by atoms with Crippen LogP contribution in [0.2, 0.25) is 5.02 Å². The Labute approximate surface area is 165 Å². The van der Waals surface area contributed by atoms with Crippen molar-refractivity contribution < 1.29 is 14.0 Å². The Morgan fingerprint density at radius 2 is 2.07 bits per heavy atom. The monoisotopic (exact) mass is 400 g/mol. The first-order chi connectivity index (χ1) is 13.1. The van der Waals surface area contributed by atoms with Crippen molar-refractivity contribution >= 4 is 40.4 Å². The molecule has 0 bridgehead atoms. The fraction of sp³-hybridized carbons (Fsp3) is 0.200. The van der Waals surface area contributed by atoms with Crippen molar-refractivity contribution in [3.05, 3.63) is 74.8 Å². The molecule has 1 aliphatic carbocycles. The van der Waals surface area contributed by atoms with E-state index in [0.29, 0.717) is 21.2 Å². The number of amides is 2. The van der Waals surface area contributed by atoms with E-state index in [4.69, 9.17) is 16.0 Å². The maximum Gasteiger partial charge on any atom is 0.265 e. The van der Waals surface area contributed by atoms with Crippen LogP contribution in [0, 0.1) is 0 Å². The molecule has 3 aromatic rings. The fourth-order valence-electron chi connectivity index (χ4n) is 3.23. The minimum Gasteiger partial charge on any atom is -0.469 e. The summed E-state index contributed by atoms with van der Waals surface area (Å²) in [7, 11) is 0. The van der Waals surface area contributed by atoms with Crippen LogP contribution in [0.15, 0.2) is 52.5 Å². The van der Waals surface area contributed by atoms with Gasteiger partial charge in [0.25, 0.3) is 11.8 Å². The summed E-state index contributed by atoms with van der Waals surface area (Å²) in [6.45, 7) is 0. The number of hydrogen-bond donors (Lipinski definition) is 2. The molecular weight excluding hydrogens is 384 g/mol. The van der Waals surface area contributed by atoms with Crippen LogP contribution in [-0.2, 0) is 6.42 Å². The number of benzene rings is 1. The second-order valence-corrected chi connectivity index (χ2v) is 7.70. The van der Waals surface area contributed by atoms with E-state index in [2.05, 4.69) is 10.6 Å². The highest BCUT2D eigenvalue weighted by molar-refractivity contribution is 7.12. The smallest absolute Gasteiger partial charge is 0.265 e. The molecule has 2 heterocycles. The second-order valence-electron chi connectivity index (χ2n) is 6.34. The topological polar surface area (TPSA) is 71.3 Å². The first-order valence-electron chi connectivity index (χ1n) is 8.63. The number of hydrogen-bond acceptors (Lipinski definition) is 4. The molecule has 2 aromatic heterocycles. The van der Waals surface area contributed by atoms with Crippen LogP contribution in [0.3, 0.4) is 0 Å². The van der Waals surface area contributed by atoms with Crippen molar-refractivity contribution in [2.24, 2.45) is 0 Å². The molecule has 2 N–H and O–H groups in total. The van der Waals surface area contributed by atoms with Gasteiger partial charge in [-0.1, -0.05) is 17.7 Å². The molecule has 0 spiro atoms. The average Bonchev–Trinajstić information content (AvgIpc) is 3.35. The highest BCUT2D eigenvalue weighted by Gasteiger charge is 2.24. The zero-order valence-electron chi connectivity index (χ0n) is 14.3. The Hall–Kier alpha value is -2.57.